The third kappa shape index (κ3) is 7.01. The van der Waals surface area contributed by atoms with Crippen LogP contribution >= 0.6 is 0 Å². The minimum Gasteiger partial charge on any atom is -0.370 e. The zero-order valence-corrected chi connectivity index (χ0v) is 13.5. The Labute approximate surface area is 131 Å². The van der Waals surface area contributed by atoms with E-state index in [9.17, 15) is 8.42 Å². The van der Waals surface area contributed by atoms with Crippen molar-refractivity contribution in [3.8, 4) is 0 Å². The second-order valence-electron chi connectivity index (χ2n) is 4.70. The van der Waals surface area contributed by atoms with E-state index in [1.807, 2.05) is 36.7 Å². The van der Waals surface area contributed by atoms with Crippen LogP contribution in [0.25, 0.3) is 6.08 Å². The number of rotatable bonds is 4. The summed E-state index contributed by atoms with van der Waals surface area (Å²) >= 11 is 0. The fraction of sp³-hybridized carbons (Fsp3) is 0.188. The van der Waals surface area contributed by atoms with E-state index in [0.717, 1.165) is 6.54 Å². The van der Waals surface area contributed by atoms with Crippen molar-refractivity contribution in [2.24, 2.45) is 0 Å². The second-order valence-corrected chi connectivity index (χ2v) is 6.16. The highest BCUT2D eigenvalue weighted by Gasteiger charge is 2.03. The predicted molar refractivity (Wildman–Crippen MR) is 90.3 cm³/mol. The Balaban J connectivity index is 0.000000422. The first-order chi connectivity index (χ1) is 10.3. The Morgan fingerprint density at radius 2 is 1.77 bits per heavy atom. The summed E-state index contributed by atoms with van der Waals surface area (Å²) in [6, 6.07) is 12.3. The molecule has 0 aliphatic carbocycles. The monoisotopic (exact) mass is 320 g/mol. The number of hydrogen-bond donors (Lipinski definition) is 1. The van der Waals surface area contributed by atoms with Gasteiger partial charge in [-0.2, -0.15) is 8.42 Å². The first-order valence-corrected chi connectivity index (χ1v) is 8.40. The van der Waals surface area contributed by atoms with Crippen LogP contribution in [0.4, 0.5) is 5.69 Å². The molecule has 0 radical (unpaired) electrons. The average molecular weight is 320 g/mol. The molecule has 5 nitrogen and oxygen atoms in total. The van der Waals surface area contributed by atoms with E-state index in [2.05, 4.69) is 41.7 Å². The first kappa shape index (κ1) is 17.9. The molecule has 0 aliphatic rings. The Morgan fingerprint density at radius 1 is 1.23 bits per heavy atom. The maximum Gasteiger partial charge on any atom is 0.261 e. The van der Waals surface area contributed by atoms with Crippen molar-refractivity contribution >= 4 is 21.9 Å². The van der Waals surface area contributed by atoms with E-state index >= 15 is 0 Å². The highest BCUT2D eigenvalue weighted by molar-refractivity contribution is 7.85. The number of aromatic nitrogens is 1. The molecule has 2 aromatic rings. The molecule has 1 aromatic carbocycles. The quantitative estimate of drug-likeness (QED) is 0.877. The normalized spacial score (nSPS) is 10.3. The molecule has 118 valence electrons. The van der Waals surface area contributed by atoms with Gasteiger partial charge in [-0.3, -0.25) is 9.54 Å². The number of benzene rings is 1. The van der Waals surface area contributed by atoms with Crippen LogP contribution < -0.4 is 4.90 Å². The van der Waals surface area contributed by atoms with Crippen LogP contribution in [-0.2, 0) is 16.7 Å². The molecular formula is C16H20N2O3S. The van der Waals surface area contributed by atoms with Gasteiger partial charge in [-0.05, 0) is 23.3 Å². The molecule has 1 N–H and O–H groups in total. The summed E-state index contributed by atoms with van der Waals surface area (Å²) in [5.41, 5.74) is 3.63. The molecule has 0 saturated carbocycles. The number of hydrogen-bond acceptors (Lipinski definition) is 4. The van der Waals surface area contributed by atoms with Crippen LogP contribution in [-0.4, -0.2) is 31.3 Å². The van der Waals surface area contributed by atoms with Crippen molar-refractivity contribution in [2.75, 3.05) is 18.2 Å². The Hall–Kier alpha value is -2.18. The van der Waals surface area contributed by atoms with Crippen LogP contribution in [0.1, 0.15) is 11.1 Å². The molecule has 22 heavy (non-hydrogen) atoms. The molecule has 0 aliphatic heterocycles. The minimum absolute atomic E-state index is 0.715. The number of nitrogens with zero attached hydrogens (tertiary/aromatic N) is 2. The van der Waals surface area contributed by atoms with Crippen molar-refractivity contribution in [1.29, 1.82) is 0 Å². The summed E-state index contributed by atoms with van der Waals surface area (Å²) in [5, 5.41) is 0. The van der Waals surface area contributed by atoms with Gasteiger partial charge in [0, 0.05) is 31.7 Å². The minimum atomic E-state index is -3.67. The van der Waals surface area contributed by atoms with Gasteiger partial charge in [-0.25, -0.2) is 0 Å². The van der Waals surface area contributed by atoms with E-state index in [1.165, 1.54) is 16.8 Å². The molecule has 0 bridgehead atoms. The van der Waals surface area contributed by atoms with E-state index in [0.29, 0.717) is 6.26 Å². The Morgan fingerprint density at radius 3 is 2.32 bits per heavy atom. The summed E-state index contributed by atoms with van der Waals surface area (Å²) < 4.78 is 25.9. The SMILES string of the molecule is C=Cc1ccccc1CN(C)c1ccncc1.CS(=O)(=O)O. The molecule has 0 atom stereocenters. The number of anilines is 1. The van der Waals surface area contributed by atoms with Gasteiger partial charge in [0.05, 0.1) is 6.26 Å². The van der Waals surface area contributed by atoms with E-state index in [1.54, 1.807) is 0 Å². The van der Waals surface area contributed by atoms with Crippen LogP contribution in [0.5, 0.6) is 0 Å². The molecular weight excluding hydrogens is 300 g/mol. The molecule has 0 fully saturated rings. The van der Waals surface area contributed by atoms with Gasteiger partial charge in [-0.1, -0.05) is 36.9 Å². The van der Waals surface area contributed by atoms with Crippen molar-refractivity contribution < 1.29 is 13.0 Å². The van der Waals surface area contributed by atoms with Crippen molar-refractivity contribution in [2.45, 2.75) is 6.54 Å². The first-order valence-electron chi connectivity index (χ1n) is 6.55. The summed E-state index contributed by atoms with van der Waals surface area (Å²) in [6.07, 6.45) is 6.24. The molecule has 0 amide bonds. The van der Waals surface area contributed by atoms with Crippen molar-refractivity contribution in [1.82, 2.24) is 4.98 Å². The Bertz CT molecular complexity index is 692. The van der Waals surface area contributed by atoms with Gasteiger partial charge in [0.15, 0.2) is 0 Å². The van der Waals surface area contributed by atoms with E-state index in [4.69, 9.17) is 4.55 Å². The molecule has 1 aromatic heterocycles. The third-order valence-corrected chi connectivity index (χ3v) is 2.79. The molecule has 2 rings (SSSR count). The van der Waals surface area contributed by atoms with Crippen LogP contribution in [0.3, 0.4) is 0 Å². The lowest BCUT2D eigenvalue weighted by atomic mass is 10.1. The average Bonchev–Trinajstić information content (AvgIpc) is 2.47. The van der Waals surface area contributed by atoms with Crippen molar-refractivity contribution in [3.63, 3.8) is 0 Å². The maximum atomic E-state index is 9.19. The van der Waals surface area contributed by atoms with Gasteiger partial charge >= 0.3 is 0 Å². The Kier molecular flexibility index (Phi) is 6.75. The van der Waals surface area contributed by atoms with Gasteiger partial charge < -0.3 is 4.90 Å². The third-order valence-electron chi connectivity index (χ3n) is 2.79. The summed E-state index contributed by atoms with van der Waals surface area (Å²) in [7, 11) is -1.59. The summed E-state index contributed by atoms with van der Waals surface area (Å²) in [5.74, 6) is 0. The molecule has 0 unspecified atom stereocenters. The van der Waals surface area contributed by atoms with Crippen molar-refractivity contribution in [3.05, 3.63) is 66.5 Å². The molecule has 1 heterocycles. The summed E-state index contributed by atoms with van der Waals surface area (Å²) in [4.78, 5) is 6.22. The lowest BCUT2D eigenvalue weighted by Gasteiger charge is -2.20. The lowest BCUT2D eigenvalue weighted by molar-refractivity contribution is 0.490. The van der Waals surface area contributed by atoms with Crippen LogP contribution in [0, 0.1) is 0 Å². The van der Waals surface area contributed by atoms with E-state index < -0.39 is 10.1 Å². The second kappa shape index (κ2) is 8.31. The van der Waals surface area contributed by atoms with Crippen LogP contribution in [0.2, 0.25) is 0 Å². The van der Waals surface area contributed by atoms with Gasteiger partial charge in [-0.15, -0.1) is 0 Å². The standard InChI is InChI=1S/C15H16N2.CH4O3S/c1-3-13-6-4-5-7-14(13)12-17(2)15-8-10-16-11-9-15;1-5(2,3)4/h3-11H,1,12H2,2H3;1H3,(H,2,3,4). The van der Waals surface area contributed by atoms with E-state index in [-0.39, 0.29) is 0 Å². The summed E-state index contributed by atoms with van der Waals surface area (Å²) in [6.45, 7) is 4.71. The van der Waals surface area contributed by atoms with Gasteiger partial charge in [0.25, 0.3) is 10.1 Å². The number of pyridine rings is 1. The topological polar surface area (TPSA) is 70.5 Å². The maximum absolute atomic E-state index is 9.19. The molecule has 6 heteroatoms. The smallest absolute Gasteiger partial charge is 0.261 e. The van der Waals surface area contributed by atoms with Gasteiger partial charge in [0.1, 0.15) is 0 Å². The highest BCUT2D eigenvalue weighted by Crippen LogP contribution is 2.17. The van der Waals surface area contributed by atoms with Gasteiger partial charge in [0.2, 0.25) is 0 Å². The zero-order chi connectivity index (χ0) is 16.6. The molecule has 0 saturated heterocycles. The van der Waals surface area contributed by atoms with Crippen LogP contribution in [0.15, 0.2) is 55.4 Å². The lowest BCUT2D eigenvalue weighted by Crippen LogP contribution is -2.16. The molecule has 0 spiro atoms. The fourth-order valence-electron chi connectivity index (χ4n) is 1.82. The fourth-order valence-corrected chi connectivity index (χ4v) is 1.82. The highest BCUT2D eigenvalue weighted by atomic mass is 32.2. The zero-order valence-electron chi connectivity index (χ0n) is 12.7. The largest absolute Gasteiger partial charge is 0.370 e. The predicted octanol–water partition coefficient (Wildman–Crippen LogP) is 2.87.